The van der Waals surface area contributed by atoms with E-state index in [1.54, 1.807) is 30.6 Å². The zero-order valence-electron chi connectivity index (χ0n) is 20.2. The van der Waals surface area contributed by atoms with Crippen LogP contribution in [-0.2, 0) is 6.42 Å². The maximum absolute atomic E-state index is 12.7. The second kappa shape index (κ2) is 12.2. The fraction of sp³-hybridized carbons (Fsp3) is 0.321. The summed E-state index contributed by atoms with van der Waals surface area (Å²) in [5.41, 5.74) is 4.00. The molecule has 1 aliphatic heterocycles. The number of amides is 2. The first-order valence-electron chi connectivity index (χ1n) is 12.2. The normalized spacial score (nSPS) is 14.4. The summed E-state index contributed by atoms with van der Waals surface area (Å²) in [4.78, 5) is 34.1. The van der Waals surface area contributed by atoms with E-state index in [0.717, 1.165) is 50.3 Å². The van der Waals surface area contributed by atoms with Gasteiger partial charge in [-0.3, -0.25) is 14.6 Å². The lowest BCUT2D eigenvalue weighted by Gasteiger charge is -2.32. The van der Waals surface area contributed by atoms with Gasteiger partial charge in [-0.05, 0) is 74.0 Å². The second-order valence-electron chi connectivity index (χ2n) is 9.02. The first-order chi connectivity index (χ1) is 17.1. The van der Waals surface area contributed by atoms with Crippen molar-refractivity contribution in [3.05, 3.63) is 95.3 Å². The number of nitrogens with one attached hydrogen (secondary N) is 2. The number of rotatable bonds is 9. The van der Waals surface area contributed by atoms with E-state index in [9.17, 15) is 9.59 Å². The van der Waals surface area contributed by atoms with Crippen LogP contribution in [0, 0.1) is 0 Å². The highest BCUT2D eigenvalue weighted by Crippen LogP contribution is 2.15. The van der Waals surface area contributed by atoms with Crippen LogP contribution in [0.25, 0.3) is 0 Å². The van der Waals surface area contributed by atoms with Gasteiger partial charge in [-0.1, -0.05) is 24.3 Å². The average Bonchev–Trinajstić information content (AvgIpc) is 2.88. The summed E-state index contributed by atoms with van der Waals surface area (Å²) in [7, 11) is 2.16. The molecule has 1 aromatic heterocycles. The third-order valence-corrected chi connectivity index (χ3v) is 6.26. The van der Waals surface area contributed by atoms with Gasteiger partial charge >= 0.3 is 0 Å². The third-order valence-electron chi connectivity index (χ3n) is 6.26. The fourth-order valence-electron chi connectivity index (χ4n) is 4.20. The Kier molecular flexibility index (Phi) is 8.59. The van der Waals surface area contributed by atoms with E-state index < -0.39 is 0 Å². The molecular weight excluding hydrogens is 438 g/mol. The number of likely N-dealkylation sites (N-methyl/N-ethyl adjacent to an activating group) is 1. The minimum Gasteiger partial charge on any atom is -0.352 e. The Hall–Kier alpha value is -3.55. The summed E-state index contributed by atoms with van der Waals surface area (Å²) in [6, 6.07) is 18.8. The van der Waals surface area contributed by atoms with Gasteiger partial charge in [0.2, 0.25) is 0 Å². The average molecular weight is 472 g/mol. The monoisotopic (exact) mass is 471 g/mol. The molecule has 4 rings (SSSR count). The van der Waals surface area contributed by atoms with Crippen molar-refractivity contribution in [1.82, 2.24) is 20.1 Å². The van der Waals surface area contributed by atoms with Gasteiger partial charge in [0.05, 0.1) is 0 Å². The molecule has 2 N–H and O–H groups in total. The van der Waals surface area contributed by atoms with Gasteiger partial charge in [-0.15, -0.1) is 0 Å². The van der Waals surface area contributed by atoms with Crippen LogP contribution in [0.1, 0.15) is 38.3 Å². The Morgan fingerprint density at radius 1 is 0.857 bits per heavy atom. The van der Waals surface area contributed by atoms with Gasteiger partial charge in [-0.25, -0.2) is 0 Å². The summed E-state index contributed by atoms with van der Waals surface area (Å²) in [5, 5.41) is 5.94. The maximum atomic E-state index is 12.7. The van der Waals surface area contributed by atoms with Crippen LogP contribution in [0.5, 0.6) is 0 Å². The molecule has 0 unspecified atom stereocenters. The van der Waals surface area contributed by atoms with Crippen LogP contribution < -0.4 is 10.6 Å². The predicted octanol–water partition coefficient (Wildman–Crippen LogP) is 3.29. The molecule has 0 atom stereocenters. The first-order valence-corrected chi connectivity index (χ1v) is 12.2. The lowest BCUT2D eigenvalue weighted by Crippen LogP contribution is -2.45. The molecule has 2 heterocycles. The van der Waals surface area contributed by atoms with Crippen molar-refractivity contribution in [3.63, 3.8) is 0 Å². The van der Waals surface area contributed by atoms with Gasteiger partial charge in [0.1, 0.15) is 0 Å². The summed E-state index contributed by atoms with van der Waals surface area (Å²) in [5.74, 6) is -0.210. The van der Waals surface area contributed by atoms with Crippen LogP contribution in [0.15, 0.2) is 73.1 Å². The van der Waals surface area contributed by atoms with Crippen LogP contribution in [0.2, 0.25) is 0 Å². The number of aromatic nitrogens is 1. The molecule has 3 aromatic rings. The molecule has 35 heavy (non-hydrogen) atoms. The minimum atomic E-state index is -0.164. The standard InChI is InChI=1S/C28H33N5O2/c1-32-15-17-33(18-16-32)14-4-11-30-27(34)24-7-2-5-22(20-24)19-23-6-3-8-25(21-23)28(35)31-26-9-12-29-13-10-26/h2-3,5-10,12-13,20-21H,4,11,14-19H2,1H3,(H,30,34)(H,29,31,35). The largest absolute Gasteiger partial charge is 0.352 e. The Labute approximate surface area is 207 Å². The third kappa shape index (κ3) is 7.47. The van der Waals surface area contributed by atoms with Crippen molar-refractivity contribution in [3.8, 4) is 0 Å². The topological polar surface area (TPSA) is 77.6 Å². The number of hydrogen-bond acceptors (Lipinski definition) is 5. The highest BCUT2D eigenvalue weighted by molar-refractivity contribution is 6.04. The number of pyridine rings is 1. The van der Waals surface area contributed by atoms with Gasteiger partial charge < -0.3 is 20.4 Å². The van der Waals surface area contributed by atoms with E-state index in [2.05, 4.69) is 32.5 Å². The van der Waals surface area contributed by atoms with E-state index in [4.69, 9.17) is 0 Å². The molecule has 1 fully saturated rings. The Morgan fingerprint density at radius 2 is 1.49 bits per heavy atom. The smallest absolute Gasteiger partial charge is 0.255 e. The van der Waals surface area contributed by atoms with E-state index >= 15 is 0 Å². The Morgan fingerprint density at radius 3 is 2.14 bits per heavy atom. The SMILES string of the molecule is CN1CCN(CCCNC(=O)c2cccc(Cc3cccc(C(=O)Nc4ccncc4)c3)c2)CC1. The number of anilines is 1. The van der Waals surface area contributed by atoms with Gasteiger partial charge in [0, 0.05) is 61.9 Å². The highest BCUT2D eigenvalue weighted by Gasteiger charge is 2.13. The van der Waals surface area contributed by atoms with E-state index in [1.807, 2.05) is 42.5 Å². The molecule has 2 amide bonds. The van der Waals surface area contributed by atoms with Crippen molar-refractivity contribution >= 4 is 17.5 Å². The molecule has 0 aliphatic carbocycles. The first kappa shape index (κ1) is 24.6. The molecule has 1 aliphatic rings. The summed E-state index contributed by atoms with van der Waals surface area (Å²) in [6.07, 6.45) is 4.87. The van der Waals surface area contributed by atoms with E-state index in [-0.39, 0.29) is 11.8 Å². The number of carbonyl (C=O) groups excluding carboxylic acids is 2. The molecule has 0 spiro atoms. The quantitative estimate of drug-likeness (QED) is 0.469. The lowest BCUT2D eigenvalue weighted by atomic mass is 10.0. The second-order valence-corrected chi connectivity index (χ2v) is 9.02. The molecule has 0 radical (unpaired) electrons. The fourth-order valence-corrected chi connectivity index (χ4v) is 4.20. The Balaban J connectivity index is 1.29. The van der Waals surface area contributed by atoms with Crippen molar-refractivity contribution in [1.29, 1.82) is 0 Å². The molecule has 7 nitrogen and oxygen atoms in total. The number of carbonyl (C=O) groups is 2. The molecule has 0 saturated carbocycles. The van der Waals surface area contributed by atoms with Gasteiger partial charge in [0.25, 0.3) is 11.8 Å². The van der Waals surface area contributed by atoms with Crippen molar-refractivity contribution < 1.29 is 9.59 Å². The zero-order valence-corrected chi connectivity index (χ0v) is 20.2. The maximum Gasteiger partial charge on any atom is 0.255 e. The van der Waals surface area contributed by atoms with Crippen LogP contribution in [0.3, 0.4) is 0 Å². The summed E-state index contributed by atoms with van der Waals surface area (Å²) < 4.78 is 0. The number of piperazine rings is 1. The minimum absolute atomic E-state index is 0.0456. The molecule has 2 aromatic carbocycles. The van der Waals surface area contributed by atoms with Crippen molar-refractivity contribution in [2.24, 2.45) is 0 Å². The molecule has 1 saturated heterocycles. The lowest BCUT2D eigenvalue weighted by molar-refractivity contribution is 0.0948. The molecule has 0 bridgehead atoms. The van der Waals surface area contributed by atoms with E-state index in [0.29, 0.717) is 29.8 Å². The number of nitrogens with zero attached hydrogens (tertiary/aromatic N) is 3. The van der Waals surface area contributed by atoms with Gasteiger partial charge in [-0.2, -0.15) is 0 Å². The summed E-state index contributed by atoms with van der Waals surface area (Å²) in [6.45, 7) is 6.09. The number of hydrogen-bond donors (Lipinski definition) is 2. The molecular formula is C28H33N5O2. The van der Waals surface area contributed by atoms with Crippen LogP contribution in [0.4, 0.5) is 5.69 Å². The number of benzene rings is 2. The zero-order chi connectivity index (χ0) is 24.5. The summed E-state index contributed by atoms with van der Waals surface area (Å²) >= 11 is 0. The molecule has 7 heteroatoms. The molecule has 182 valence electrons. The van der Waals surface area contributed by atoms with Gasteiger partial charge in [0.15, 0.2) is 0 Å². The Bertz CT molecular complexity index is 1130. The van der Waals surface area contributed by atoms with Crippen molar-refractivity contribution in [2.45, 2.75) is 12.8 Å². The van der Waals surface area contributed by atoms with Crippen LogP contribution >= 0.6 is 0 Å². The van der Waals surface area contributed by atoms with Crippen LogP contribution in [-0.4, -0.2) is 72.9 Å². The predicted molar refractivity (Wildman–Crippen MR) is 139 cm³/mol. The van der Waals surface area contributed by atoms with E-state index in [1.165, 1.54) is 0 Å². The van der Waals surface area contributed by atoms with Crippen molar-refractivity contribution in [2.75, 3.05) is 51.6 Å². The highest BCUT2D eigenvalue weighted by atomic mass is 16.2.